The second kappa shape index (κ2) is 7.48. The highest BCUT2D eigenvalue weighted by atomic mass is 16.6. The third kappa shape index (κ3) is 2.74. The van der Waals surface area contributed by atoms with E-state index in [1.807, 2.05) is 24.3 Å². The summed E-state index contributed by atoms with van der Waals surface area (Å²) in [5.41, 5.74) is 0.576. The molecule has 7 nitrogen and oxygen atoms in total. The Morgan fingerprint density at radius 3 is 2.76 bits per heavy atom. The number of anilines is 1. The summed E-state index contributed by atoms with van der Waals surface area (Å²) in [7, 11) is 0. The number of ether oxygens (including phenoxy) is 2. The van der Waals surface area contributed by atoms with Crippen molar-refractivity contribution in [2.45, 2.75) is 43.1 Å². The molecule has 4 aliphatic rings. The molecule has 6 rings (SSSR count). The van der Waals surface area contributed by atoms with E-state index >= 15 is 0 Å². The molecule has 2 heterocycles. The van der Waals surface area contributed by atoms with Gasteiger partial charge in [-0.05, 0) is 43.5 Å². The number of carbonyl (C=O) groups excluding carboxylic acids is 1. The van der Waals surface area contributed by atoms with Gasteiger partial charge in [0.05, 0.1) is 22.1 Å². The van der Waals surface area contributed by atoms with Gasteiger partial charge in [-0.3, -0.25) is 15.0 Å². The van der Waals surface area contributed by atoms with Crippen LogP contribution in [0.3, 0.4) is 0 Å². The fraction of sp³-hybridized carbons (Fsp3) is 0.296. The fourth-order valence-corrected chi connectivity index (χ4v) is 5.79. The lowest BCUT2D eigenvalue weighted by Gasteiger charge is -2.43. The number of benzene rings is 2. The van der Waals surface area contributed by atoms with Gasteiger partial charge < -0.3 is 9.47 Å². The van der Waals surface area contributed by atoms with Crippen LogP contribution in [0.5, 0.6) is 0 Å². The maximum absolute atomic E-state index is 13.6. The Kier molecular flexibility index (Phi) is 4.52. The molecule has 4 bridgehead atoms. The summed E-state index contributed by atoms with van der Waals surface area (Å²) in [5.74, 6) is 12.7. The van der Waals surface area contributed by atoms with E-state index in [1.54, 1.807) is 35.3 Å². The lowest BCUT2D eigenvalue weighted by atomic mass is 9.64. The maximum atomic E-state index is 13.6. The average Bonchev–Trinajstić information content (AvgIpc) is 3.57. The van der Waals surface area contributed by atoms with Crippen molar-refractivity contribution in [1.82, 2.24) is 0 Å². The van der Waals surface area contributed by atoms with Crippen LogP contribution < -0.4 is 4.90 Å². The zero-order valence-electron chi connectivity index (χ0n) is 18.2. The molecular weight excluding hydrogens is 432 g/mol. The maximum Gasteiger partial charge on any atom is 0.415 e. The van der Waals surface area contributed by atoms with Crippen LogP contribution in [0.15, 0.2) is 60.7 Å². The van der Waals surface area contributed by atoms with Crippen LogP contribution in [-0.4, -0.2) is 22.7 Å². The van der Waals surface area contributed by atoms with E-state index in [-0.39, 0.29) is 18.2 Å². The standard InChI is InChI=1S/C27H20N2O5/c30-25(33-18-19-10-5-7-14-22(19)29(31)32)28-23-15-8-6-13-21(23)27-20-11-3-1-2-4-16-24(28)26(27,34-27)17-9-12-20/h1-2,5-8,10,13-15,20,24H,9,12,17-18H2/b2-1-/t20-,24+,26+,27-/m1/s1. The number of hydrogen-bond acceptors (Lipinski definition) is 5. The number of fused-ring (bicyclic) bond motifs is 1. The van der Waals surface area contributed by atoms with E-state index in [2.05, 4.69) is 23.7 Å². The highest BCUT2D eigenvalue weighted by Crippen LogP contribution is 2.72. The number of rotatable bonds is 3. The smallest absolute Gasteiger partial charge is 0.415 e. The molecule has 2 aliphatic carbocycles. The number of nitrogens with zero attached hydrogens (tertiary/aromatic N) is 2. The Bertz CT molecular complexity index is 1380. The van der Waals surface area contributed by atoms with E-state index in [9.17, 15) is 14.9 Å². The van der Waals surface area contributed by atoms with Crippen LogP contribution in [0, 0.1) is 39.7 Å². The van der Waals surface area contributed by atoms with Crippen molar-refractivity contribution in [3.8, 4) is 23.7 Å². The minimum atomic E-state index is -0.658. The van der Waals surface area contributed by atoms with Crippen molar-refractivity contribution in [2.75, 3.05) is 4.90 Å². The minimum absolute atomic E-state index is 0.000381. The number of carbonyl (C=O) groups is 1. The highest BCUT2D eigenvalue weighted by molar-refractivity contribution is 5.93. The first-order valence-electron chi connectivity index (χ1n) is 11.2. The van der Waals surface area contributed by atoms with E-state index in [4.69, 9.17) is 9.47 Å². The van der Waals surface area contributed by atoms with E-state index in [0.717, 1.165) is 24.8 Å². The summed E-state index contributed by atoms with van der Waals surface area (Å²) < 4.78 is 12.3. The quantitative estimate of drug-likeness (QED) is 0.297. The van der Waals surface area contributed by atoms with Crippen molar-refractivity contribution in [2.24, 2.45) is 5.92 Å². The van der Waals surface area contributed by atoms with Crippen LogP contribution in [0.25, 0.3) is 0 Å². The van der Waals surface area contributed by atoms with Crippen molar-refractivity contribution in [3.63, 3.8) is 0 Å². The molecule has 168 valence electrons. The molecule has 0 aromatic heterocycles. The van der Waals surface area contributed by atoms with Crippen LogP contribution in [0.4, 0.5) is 16.2 Å². The molecule has 34 heavy (non-hydrogen) atoms. The Hall–Kier alpha value is -4.07. The molecule has 2 aromatic rings. The van der Waals surface area contributed by atoms with Crippen molar-refractivity contribution >= 4 is 17.5 Å². The molecule has 1 amide bonds. The third-order valence-electron chi connectivity index (χ3n) is 7.19. The van der Waals surface area contributed by atoms with Gasteiger partial charge in [-0.1, -0.05) is 54.0 Å². The predicted molar refractivity (Wildman–Crippen MR) is 124 cm³/mol. The number of allylic oxidation sites excluding steroid dienone is 2. The van der Waals surface area contributed by atoms with Gasteiger partial charge in [0, 0.05) is 11.6 Å². The van der Waals surface area contributed by atoms with Gasteiger partial charge >= 0.3 is 6.09 Å². The van der Waals surface area contributed by atoms with E-state index < -0.39 is 28.3 Å². The van der Waals surface area contributed by atoms with Crippen LogP contribution in [-0.2, 0) is 21.7 Å². The van der Waals surface area contributed by atoms with Gasteiger partial charge in [0.15, 0.2) is 0 Å². The molecule has 2 fully saturated rings. The number of nitro benzene ring substituents is 1. The molecule has 1 saturated heterocycles. The van der Waals surface area contributed by atoms with Gasteiger partial charge in [0.25, 0.3) is 5.69 Å². The first kappa shape index (κ1) is 20.5. The first-order valence-corrected chi connectivity index (χ1v) is 11.2. The van der Waals surface area contributed by atoms with Gasteiger partial charge in [0.2, 0.25) is 0 Å². The summed E-state index contributed by atoms with van der Waals surface area (Å²) in [5, 5.41) is 11.4. The minimum Gasteiger partial charge on any atom is -0.444 e. The summed E-state index contributed by atoms with van der Waals surface area (Å²) in [6, 6.07) is 13.4. The molecular formula is C27H20N2O5. The Morgan fingerprint density at radius 1 is 1.15 bits per heavy atom. The zero-order chi connectivity index (χ0) is 23.3. The number of hydrogen-bond donors (Lipinski definition) is 0. The zero-order valence-corrected chi connectivity index (χ0v) is 18.2. The summed E-state index contributed by atoms with van der Waals surface area (Å²) in [6.45, 7) is -0.220. The number of epoxide rings is 1. The predicted octanol–water partition coefficient (Wildman–Crippen LogP) is 4.46. The van der Waals surface area contributed by atoms with Gasteiger partial charge in [-0.25, -0.2) is 4.79 Å². The Labute approximate surface area is 196 Å². The van der Waals surface area contributed by atoms with Gasteiger partial charge in [-0.15, -0.1) is 0 Å². The molecule has 4 atom stereocenters. The largest absolute Gasteiger partial charge is 0.444 e. The molecule has 0 radical (unpaired) electrons. The molecule has 0 N–H and O–H groups in total. The van der Waals surface area contributed by atoms with Crippen LogP contribution in [0.1, 0.15) is 30.4 Å². The van der Waals surface area contributed by atoms with Crippen molar-refractivity contribution in [1.29, 1.82) is 0 Å². The Balaban J connectivity index is 1.42. The molecule has 0 spiro atoms. The Morgan fingerprint density at radius 2 is 1.91 bits per heavy atom. The molecule has 1 saturated carbocycles. The second-order valence-corrected chi connectivity index (χ2v) is 8.81. The molecule has 2 aromatic carbocycles. The summed E-state index contributed by atoms with van der Waals surface area (Å²) in [4.78, 5) is 26.0. The highest BCUT2D eigenvalue weighted by Gasteiger charge is 2.81. The van der Waals surface area contributed by atoms with E-state index in [1.165, 1.54) is 6.07 Å². The first-order chi connectivity index (χ1) is 16.6. The average molecular weight is 452 g/mol. The van der Waals surface area contributed by atoms with Crippen LogP contribution >= 0.6 is 0 Å². The third-order valence-corrected chi connectivity index (χ3v) is 7.19. The SMILES string of the molecule is O=C(OCc1ccccc1[N+](=O)[O-])N1c2ccccc2[C@@]23O[C@]24CCC[C@H]3C#C/C=C\C#C[C@H]14. The van der Waals surface area contributed by atoms with Gasteiger partial charge in [0.1, 0.15) is 23.9 Å². The van der Waals surface area contributed by atoms with Gasteiger partial charge in [-0.2, -0.15) is 0 Å². The van der Waals surface area contributed by atoms with Crippen molar-refractivity contribution in [3.05, 3.63) is 81.9 Å². The summed E-state index contributed by atoms with van der Waals surface area (Å²) >= 11 is 0. The van der Waals surface area contributed by atoms with Crippen LogP contribution in [0.2, 0.25) is 0 Å². The molecule has 0 unspecified atom stereocenters. The topological polar surface area (TPSA) is 85.2 Å². The fourth-order valence-electron chi connectivity index (χ4n) is 5.79. The van der Waals surface area contributed by atoms with Crippen molar-refractivity contribution < 1.29 is 19.2 Å². The lowest BCUT2D eigenvalue weighted by molar-refractivity contribution is -0.385. The number of nitro groups is 1. The summed E-state index contributed by atoms with van der Waals surface area (Å²) in [6.07, 6.45) is 5.40. The lowest BCUT2D eigenvalue weighted by Crippen LogP contribution is -2.57. The normalized spacial score (nSPS) is 30.2. The monoisotopic (exact) mass is 452 g/mol. The number of amides is 1. The second-order valence-electron chi connectivity index (χ2n) is 8.81. The van der Waals surface area contributed by atoms with E-state index in [0.29, 0.717) is 11.3 Å². The number of para-hydroxylation sites is 2. The molecule has 7 heteroatoms. The molecule has 2 aliphatic heterocycles.